The largest absolute Gasteiger partial charge is 0.467 e. The summed E-state index contributed by atoms with van der Waals surface area (Å²) in [4.78, 5) is 25.6. The summed E-state index contributed by atoms with van der Waals surface area (Å²) in [5.74, 6) is -1.47. The number of nitrogens with zero attached hydrogens (tertiary/aromatic N) is 5. The van der Waals surface area contributed by atoms with Gasteiger partial charge in [0, 0.05) is 4.88 Å². The van der Waals surface area contributed by atoms with Crippen LogP contribution in [0.5, 0.6) is 5.88 Å². The quantitative estimate of drug-likeness (QED) is 0.368. The zero-order chi connectivity index (χ0) is 24.8. The normalized spacial score (nSPS) is 12.5. The standard InChI is InChI=1S/C19H13F6N5O3S/c1-8-9(2)34-16-13(8)17(31)30(7-26-16)5-12-28-14(29-33-12)10-3-4-11(19(23,24)25)27-15(10)32-6-18(20,21)22/h3-4,7H,5-6H2,1-2H3. The summed E-state index contributed by atoms with van der Waals surface area (Å²) in [6, 6.07) is 1.38. The van der Waals surface area contributed by atoms with Crippen LogP contribution in [0.15, 0.2) is 27.8 Å². The van der Waals surface area contributed by atoms with Crippen molar-refractivity contribution in [3.63, 3.8) is 0 Å². The smallest absolute Gasteiger partial charge is 0.433 e. The SMILES string of the molecule is Cc1sc2ncn(Cc3nc(-c4ccc(C(F)(F)F)nc4OCC(F)(F)F)no3)c(=O)c2c1C. The number of halogens is 6. The number of pyridine rings is 1. The molecule has 0 unspecified atom stereocenters. The maximum atomic E-state index is 13.0. The summed E-state index contributed by atoms with van der Waals surface area (Å²) in [6.45, 7) is 1.54. The van der Waals surface area contributed by atoms with Gasteiger partial charge in [-0.1, -0.05) is 5.16 Å². The van der Waals surface area contributed by atoms with Crippen molar-refractivity contribution in [3.05, 3.63) is 50.8 Å². The molecule has 0 saturated carbocycles. The van der Waals surface area contributed by atoms with Crippen LogP contribution >= 0.6 is 11.3 Å². The van der Waals surface area contributed by atoms with E-state index in [0.29, 0.717) is 16.3 Å². The first-order valence-electron chi connectivity index (χ1n) is 9.39. The molecular weight excluding hydrogens is 492 g/mol. The van der Waals surface area contributed by atoms with Crippen LogP contribution in [0.2, 0.25) is 0 Å². The molecular formula is C19H13F6N5O3S. The van der Waals surface area contributed by atoms with E-state index in [2.05, 4.69) is 24.8 Å². The number of aryl methyl sites for hydroxylation is 2. The molecule has 4 aromatic heterocycles. The van der Waals surface area contributed by atoms with Gasteiger partial charge in [0.1, 0.15) is 17.1 Å². The topological polar surface area (TPSA) is 95.9 Å². The van der Waals surface area contributed by atoms with E-state index < -0.39 is 30.5 Å². The maximum Gasteiger partial charge on any atom is 0.433 e. The lowest BCUT2D eigenvalue weighted by Gasteiger charge is -2.13. The number of rotatable bonds is 5. The molecule has 0 saturated heterocycles. The first-order chi connectivity index (χ1) is 15.8. The Morgan fingerprint density at radius 2 is 1.85 bits per heavy atom. The molecule has 15 heteroatoms. The minimum atomic E-state index is -4.91. The second-order valence-electron chi connectivity index (χ2n) is 7.10. The highest BCUT2D eigenvalue weighted by atomic mass is 32.1. The Hall–Kier alpha value is -3.49. The molecule has 34 heavy (non-hydrogen) atoms. The third-order valence-corrected chi connectivity index (χ3v) is 5.81. The van der Waals surface area contributed by atoms with Gasteiger partial charge in [-0.05, 0) is 31.5 Å². The van der Waals surface area contributed by atoms with Gasteiger partial charge in [0.15, 0.2) is 6.61 Å². The van der Waals surface area contributed by atoms with Gasteiger partial charge < -0.3 is 9.26 Å². The van der Waals surface area contributed by atoms with Gasteiger partial charge in [-0.15, -0.1) is 11.3 Å². The second-order valence-corrected chi connectivity index (χ2v) is 8.31. The number of hydrogen-bond donors (Lipinski definition) is 0. The minimum Gasteiger partial charge on any atom is -0.467 e. The average molecular weight is 505 g/mol. The average Bonchev–Trinajstić information content (AvgIpc) is 3.32. The molecule has 4 rings (SSSR count). The molecule has 0 N–H and O–H groups in total. The highest BCUT2D eigenvalue weighted by Crippen LogP contribution is 2.34. The van der Waals surface area contributed by atoms with Crippen molar-refractivity contribution in [2.75, 3.05) is 6.61 Å². The van der Waals surface area contributed by atoms with E-state index in [1.165, 1.54) is 22.2 Å². The highest BCUT2D eigenvalue weighted by Gasteiger charge is 2.35. The van der Waals surface area contributed by atoms with E-state index in [1.54, 1.807) is 6.92 Å². The van der Waals surface area contributed by atoms with Crippen molar-refractivity contribution < 1.29 is 35.6 Å². The van der Waals surface area contributed by atoms with Crippen LogP contribution in [0.4, 0.5) is 26.3 Å². The molecule has 0 amide bonds. The summed E-state index contributed by atoms with van der Waals surface area (Å²) in [6.07, 6.45) is -8.45. The number of hydrogen-bond acceptors (Lipinski definition) is 8. The lowest BCUT2D eigenvalue weighted by molar-refractivity contribution is -0.154. The summed E-state index contributed by atoms with van der Waals surface area (Å²) >= 11 is 1.36. The van der Waals surface area contributed by atoms with Crippen LogP contribution in [-0.2, 0) is 12.7 Å². The number of ether oxygens (including phenoxy) is 1. The minimum absolute atomic E-state index is 0.135. The van der Waals surface area contributed by atoms with E-state index in [-0.39, 0.29) is 29.4 Å². The van der Waals surface area contributed by atoms with E-state index in [4.69, 9.17) is 4.52 Å². The predicted octanol–water partition coefficient (Wildman–Crippen LogP) is 4.53. The van der Waals surface area contributed by atoms with E-state index >= 15 is 0 Å². The van der Waals surface area contributed by atoms with Crippen molar-refractivity contribution in [2.45, 2.75) is 32.7 Å². The number of thiophene rings is 1. The molecule has 4 aromatic rings. The van der Waals surface area contributed by atoms with Gasteiger partial charge in [0.2, 0.25) is 17.6 Å². The molecule has 0 radical (unpaired) electrons. The summed E-state index contributed by atoms with van der Waals surface area (Å²) in [5.41, 5.74) is -1.39. The molecule has 0 atom stereocenters. The van der Waals surface area contributed by atoms with Crippen molar-refractivity contribution in [3.8, 4) is 17.3 Å². The van der Waals surface area contributed by atoms with Gasteiger partial charge >= 0.3 is 12.4 Å². The van der Waals surface area contributed by atoms with Crippen LogP contribution in [0.1, 0.15) is 22.0 Å². The van der Waals surface area contributed by atoms with Crippen LogP contribution in [0.3, 0.4) is 0 Å². The molecule has 0 aliphatic carbocycles. The summed E-state index contributed by atoms with van der Waals surface area (Å²) in [7, 11) is 0. The van der Waals surface area contributed by atoms with Gasteiger partial charge in [-0.3, -0.25) is 9.36 Å². The summed E-state index contributed by atoms with van der Waals surface area (Å²) in [5, 5.41) is 4.02. The number of fused-ring (bicyclic) bond motifs is 1. The van der Waals surface area contributed by atoms with Crippen molar-refractivity contribution in [2.24, 2.45) is 0 Å². The number of aromatic nitrogens is 5. The Bertz CT molecular complexity index is 1420. The first-order valence-corrected chi connectivity index (χ1v) is 10.2. The molecule has 0 bridgehead atoms. The van der Waals surface area contributed by atoms with E-state index in [9.17, 15) is 31.1 Å². The zero-order valence-electron chi connectivity index (χ0n) is 17.3. The maximum absolute atomic E-state index is 13.0. The Morgan fingerprint density at radius 3 is 2.53 bits per heavy atom. The zero-order valence-corrected chi connectivity index (χ0v) is 18.1. The highest BCUT2D eigenvalue weighted by molar-refractivity contribution is 7.18. The molecule has 4 heterocycles. The molecule has 8 nitrogen and oxygen atoms in total. The van der Waals surface area contributed by atoms with Crippen molar-refractivity contribution in [1.29, 1.82) is 0 Å². The number of alkyl halides is 6. The Morgan fingerprint density at radius 1 is 1.12 bits per heavy atom. The first kappa shape index (κ1) is 23.7. The molecule has 0 aliphatic rings. The van der Waals surface area contributed by atoms with Gasteiger partial charge in [0.25, 0.3) is 5.56 Å². The van der Waals surface area contributed by atoms with Gasteiger partial charge in [0.05, 0.1) is 17.3 Å². The van der Waals surface area contributed by atoms with Crippen LogP contribution in [0.25, 0.3) is 21.6 Å². The van der Waals surface area contributed by atoms with Crippen molar-refractivity contribution in [1.82, 2.24) is 24.7 Å². The Balaban J connectivity index is 1.67. The van der Waals surface area contributed by atoms with Gasteiger partial charge in [-0.25, -0.2) is 9.97 Å². The van der Waals surface area contributed by atoms with Crippen LogP contribution in [0, 0.1) is 13.8 Å². The van der Waals surface area contributed by atoms with Crippen LogP contribution < -0.4 is 10.3 Å². The lowest BCUT2D eigenvalue weighted by atomic mass is 10.2. The predicted molar refractivity (Wildman–Crippen MR) is 107 cm³/mol. The molecule has 180 valence electrons. The van der Waals surface area contributed by atoms with E-state index in [1.807, 2.05) is 6.92 Å². The monoisotopic (exact) mass is 505 g/mol. The summed E-state index contributed by atoms with van der Waals surface area (Å²) < 4.78 is 87.4. The molecule has 0 fully saturated rings. The molecule has 0 spiro atoms. The van der Waals surface area contributed by atoms with Crippen LogP contribution in [-0.4, -0.2) is 37.5 Å². The third-order valence-electron chi connectivity index (χ3n) is 4.69. The van der Waals surface area contributed by atoms with Crippen molar-refractivity contribution >= 4 is 21.6 Å². The lowest BCUT2D eigenvalue weighted by Crippen LogP contribution is -2.21. The third kappa shape index (κ3) is 4.73. The van der Waals surface area contributed by atoms with E-state index in [0.717, 1.165) is 16.5 Å². The molecule has 0 aromatic carbocycles. The molecule has 0 aliphatic heterocycles. The fourth-order valence-electron chi connectivity index (χ4n) is 2.99. The van der Waals surface area contributed by atoms with Gasteiger partial charge in [-0.2, -0.15) is 31.3 Å². The Kier molecular flexibility index (Phi) is 5.83. The Labute approximate surface area is 189 Å². The fourth-order valence-corrected chi connectivity index (χ4v) is 3.97. The fraction of sp³-hybridized carbons (Fsp3) is 0.316. The second kappa shape index (κ2) is 8.38.